The summed E-state index contributed by atoms with van der Waals surface area (Å²) in [5.41, 5.74) is 5.02. The normalized spacial score (nSPS) is 14.7. The van der Waals surface area contributed by atoms with Crippen molar-refractivity contribution in [3.63, 3.8) is 0 Å². The fraction of sp³-hybridized carbons (Fsp3) is 0.423. The number of carbonyl (C=O) groups excluding carboxylic acids is 1. The van der Waals surface area contributed by atoms with Crippen LogP contribution in [0.2, 0.25) is 5.02 Å². The second-order valence-corrected chi connectivity index (χ2v) is 9.86. The number of carbonyl (C=O) groups is 1. The third-order valence-electron chi connectivity index (χ3n) is 7.03. The fourth-order valence-electron chi connectivity index (χ4n) is 5.03. The number of hydrogen-bond donors (Lipinski definition) is 0. The van der Waals surface area contributed by atoms with Crippen molar-refractivity contribution in [2.45, 2.75) is 52.9 Å². The van der Waals surface area contributed by atoms with Crippen LogP contribution in [0.3, 0.4) is 0 Å². The Morgan fingerprint density at radius 3 is 2.63 bits per heavy atom. The number of aromatic nitrogens is 6. The number of piperidine rings is 1. The van der Waals surface area contributed by atoms with E-state index in [1.807, 2.05) is 60.7 Å². The summed E-state index contributed by atoms with van der Waals surface area (Å²) in [4.78, 5) is 15.0. The molecule has 0 unspecified atom stereocenters. The van der Waals surface area contributed by atoms with E-state index in [9.17, 15) is 4.79 Å². The van der Waals surface area contributed by atoms with Crippen LogP contribution in [-0.2, 0) is 17.6 Å². The molecule has 1 aliphatic rings. The molecule has 1 aliphatic heterocycles. The van der Waals surface area contributed by atoms with Gasteiger partial charge in [-0.1, -0.05) is 23.7 Å². The molecular formula is C26H30ClN7O. The van der Waals surface area contributed by atoms with Crippen LogP contribution in [0.1, 0.15) is 47.6 Å². The van der Waals surface area contributed by atoms with Crippen molar-refractivity contribution in [3.05, 3.63) is 69.8 Å². The van der Waals surface area contributed by atoms with Crippen molar-refractivity contribution < 1.29 is 4.79 Å². The van der Waals surface area contributed by atoms with E-state index in [-0.39, 0.29) is 5.91 Å². The maximum absolute atomic E-state index is 13.0. The molecule has 0 bridgehead atoms. The van der Waals surface area contributed by atoms with Gasteiger partial charge in [-0.25, -0.2) is 4.68 Å². The molecule has 1 saturated heterocycles. The van der Waals surface area contributed by atoms with Crippen LogP contribution < -0.4 is 0 Å². The lowest BCUT2D eigenvalue weighted by molar-refractivity contribution is -0.132. The summed E-state index contributed by atoms with van der Waals surface area (Å²) in [7, 11) is 0. The lowest BCUT2D eigenvalue weighted by atomic mass is 9.90. The quantitative estimate of drug-likeness (QED) is 0.401. The van der Waals surface area contributed by atoms with E-state index < -0.39 is 0 Å². The van der Waals surface area contributed by atoms with Gasteiger partial charge >= 0.3 is 0 Å². The van der Waals surface area contributed by atoms with Crippen LogP contribution in [0.15, 0.2) is 36.4 Å². The second-order valence-electron chi connectivity index (χ2n) is 9.43. The zero-order valence-corrected chi connectivity index (χ0v) is 21.2. The summed E-state index contributed by atoms with van der Waals surface area (Å²) in [5, 5.41) is 18.3. The van der Waals surface area contributed by atoms with E-state index in [0.717, 1.165) is 60.2 Å². The van der Waals surface area contributed by atoms with Gasteiger partial charge in [0.1, 0.15) is 0 Å². The van der Waals surface area contributed by atoms with E-state index in [2.05, 4.69) is 21.4 Å². The highest BCUT2D eigenvalue weighted by molar-refractivity contribution is 6.30. The molecule has 0 atom stereocenters. The Bertz CT molecular complexity index is 1370. The Kier molecular flexibility index (Phi) is 6.56. The van der Waals surface area contributed by atoms with Crippen molar-refractivity contribution in [2.24, 2.45) is 5.92 Å². The number of amides is 1. The first-order valence-corrected chi connectivity index (χ1v) is 12.5. The van der Waals surface area contributed by atoms with Crippen LogP contribution in [-0.4, -0.2) is 53.5 Å². The minimum Gasteiger partial charge on any atom is -0.343 e. The van der Waals surface area contributed by atoms with Gasteiger partial charge in [-0.2, -0.15) is 9.61 Å². The predicted molar refractivity (Wildman–Crippen MR) is 135 cm³/mol. The third kappa shape index (κ3) is 4.93. The summed E-state index contributed by atoms with van der Waals surface area (Å²) >= 11 is 6.13. The van der Waals surface area contributed by atoms with Crippen LogP contribution in [0.5, 0.6) is 0 Å². The van der Waals surface area contributed by atoms with Crippen LogP contribution in [0, 0.1) is 26.7 Å². The average Bonchev–Trinajstić information content (AvgIpc) is 3.36. The molecule has 5 rings (SSSR count). The highest BCUT2D eigenvalue weighted by atomic mass is 35.5. The number of benzene rings is 1. The number of halogens is 1. The van der Waals surface area contributed by atoms with Crippen molar-refractivity contribution in [1.82, 2.24) is 34.5 Å². The predicted octanol–water partition coefficient (Wildman–Crippen LogP) is 4.30. The minimum absolute atomic E-state index is 0.220. The number of aryl methyl sites for hydroxylation is 2. The fourth-order valence-corrected chi connectivity index (χ4v) is 5.25. The molecule has 0 saturated carbocycles. The number of fused-ring (bicyclic) bond motifs is 1. The topological polar surface area (TPSA) is 81.2 Å². The molecule has 1 amide bonds. The van der Waals surface area contributed by atoms with Gasteiger partial charge in [0.05, 0.1) is 5.69 Å². The van der Waals surface area contributed by atoms with Crippen molar-refractivity contribution in [3.8, 4) is 5.82 Å². The highest BCUT2D eigenvalue weighted by Crippen LogP contribution is 2.24. The summed E-state index contributed by atoms with van der Waals surface area (Å²) in [6.07, 6.45) is 4.25. The number of hydrogen-bond acceptors (Lipinski definition) is 5. The monoisotopic (exact) mass is 491 g/mol. The molecule has 4 aromatic rings. The number of likely N-dealkylation sites (tertiary alicyclic amines) is 1. The van der Waals surface area contributed by atoms with Gasteiger partial charge in [0, 0.05) is 30.2 Å². The summed E-state index contributed by atoms with van der Waals surface area (Å²) in [6.45, 7) is 7.54. The molecule has 182 valence electrons. The second kappa shape index (κ2) is 9.77. The zero-order valence-electron chi connectivity index (χ0n) is 20.4. The first kappa shape index (κ1) is 23.5. The van der Waals surface area contributed by atoms with E-state index in [4.69, 9.17) is 16.7 Å². The lowest BCUT2D eigenvalue weighted by Crippen LogP contribution is -2.39. The van der Waals surface area contributed by atoms with E-state index in [0.29, 0.717) is 30.2 Å². The summed E-state index contributed by atoms with van der Waals surface area (Å²) in [5.74, 6) is 2.25. The molecule has 0 spiro atoms. The van der Waals surface area contributed by atoms with E-state index in [1.54, 1.807) is 4.52 Å². The van der Waals surface area contributed by atoms with Gasteiger partial charge in [-0.15, -0.1) is 15.3 Å². The van der Waals surface area contributed by atoms with Crippen LogP contribution >= 0.6 is 11.6 Å². The van der Waals surface area contributed by atoms with Gasteiger partial charge in [0.15, 0.2) is 17.3 Å². The third-order valence-corrected chi connectivity index (χ3v) is 7.27. The van der Waals surface area contributed by atoms with Gasteiger partial charge in [-0.3, -0.25) is 4.79 Å². The minimum atomic E-state index is 0.220. The van der Waals surface area contributed by atoms with Crippen molar-refractivity contribution in [1.29, 1.82) is 0 Å². The Hall–Kier alpha value is -3.26. The Morgan fingerprint density at radius 2 is 1.86 bits per heavy atom. The molecule has 1 fully saturated rings. The summed E-state index contributed by atoms with van der Waals surface area (Å²) < 4.78 is 3.56. The average molecular weight is 492 g/mol. The number of nitrogens with zero attached hydrogens (tertiary/aromatic N) is 7. The van der Waals surface area contributed by atoms with Crippen LogP contribution in [0.4, 0.5) is 0 Å². The van der Waals surface area contributed by atoms with Gasteiger partial charge in [0.2, 0.25) is 5.91 Å². The zero-order chi connectivity index (χ0) is 24.5. The maximum Gasteiger partial charge on any atom is 0.222 e. The molecule has 9 heteroatoms. The van der Waals surface area contributed by atoms with Crippen LogP contribution in [0.25, 0.3) is 11.5 Å². The molecule has 0 aliphatic carbocycles. The largest absolute Gasteiger partial charge is 0.343 e. The first-order valence-electron chi connectivity index (χ1n) is 12.2. The van der Waals surface area contributed by atoms with Gasteiger partial charge in [-0.05, 0) is 87.8 Å². The molecule has 1 aromatic carbocycles. The molecule has 0 N–H and O–H groups in total. The molecule has 0 radical (unpaired) electrons. The van der Waals surface area contributed by atoms with Crippen molar-refractivity contribution in [2.75, 3.05) is 13.1 Å². The van der Waals surface area contributed by atoms with Gasteiger partial charge in [0.25, 0.3) is 0 Å². The SMILES string of the molecule is Cc1nn(-c2ccc3nnc(C)n3n2)c(C)c1CCC(=O)N1CCC(Cc2cccc(Cl)c2)CC1. The Labute approximate surface area is 209 Å². The smallest absolute Gasteiger partial charge is 0.222 e. The molecule has 35 heavy (non-hydrogen) atoms. The Morgan fingerprint density at radius 1 is 1.06 bits per heavy atom. The van der Waals surface area contributed by atoms with Crippen molar-refractivity contribution >= 4 is 23.2 Å². The summed E-state index contributed by atoms with van der Waals surface area (Å²) in [6, 6.07) is 11.9. The van der Waals surface area contributed by atoms with E-state index >= 15 is 0 Å². The standard InChI is InChI=1S/C26H30ClN7O/c1-17-23(18(2)33(30-17)25-9-8-24-29-28-19(3)34(24)31-25)7-10-26(35)32-13-11-20(12-14-32)15-21-5-4-6-22(27)16-21/h4-6,8-9,16,20H,7,10-15H2,1-3H3. The Balaban J connectivity index is 1.19. The maximum atomic E-state index is 13.0. The van der Waals surface area contributed by atoms with E-state index in [1.165, 1.54) is 5.56 Å². The lowest BCUT2D eigenvalue weighted by Gasteiger charge is -2.32. The molecule has 8 nitrogen and oxygen atoms in total. The number of rotatable bonds is 6. The molecule has 4 heterocycles. The van der Waals surface area contributed by atoms with Gasteiger partial charge < -0.3 is 4.90 Å². The molecular weight excluding hydrogens is 462 g/mol. The highest BCUT2D eigenvalue weighted by Gasteiger charge is 2.24. The molecule has 3 aromatic heterocycles. The first-order chi connectivity index (χ1) is 16.9.